The third kappa shape index (κ3) is 3.76. The Morgan fingerprint density at radius 2 is 2.25 bits per heavy atom. The van der Waals surface area contributed by atoms with Gasteiger partial charge in [0.05, 0.1) is 12.3 Å². The molecule has 0 aliphatic rings. The highest BCUT2D eigenvalue weighted by Gasteiger charge is 2.13. The Kier molecular flexibility index (Phi) is 5.07. The van der Waals surface area contributed by atoms with Gasteiger partial charge < -0.3 is 10.1 Å². The Bertz CT molecular complexity index is 639. The molecule has 0 saturated carbocycles. The summed E-state index contributed by atoms with van der Waals surface area (Å²) < 4.78 is 5.07. The van der Waals surface area contributed by atoms with Crippen molar-refractivity contribution in [3.63, 3.8) is 0 Å². The molecule has 0 saturated heterocycles. The molecular weight excluding hydrogens is 395 g/mol. The Hall–Kier alpha value is -1.48. The van der Waals surface area contributed by atoms with E-state index in [0.717, 1.165) is 0 Å². The fourth-order valence-corrected chi connectivity index (χ4v) is 2.00. The van der Waals surface area contributed by atoms with Gasteiger partial charge >= 0.3 is 0 Å². The first-order valence-electron chi connectivity index (χ1n) is 5.70. The Balaban J connectivity index is 2.31. The molecule has 0 fully saturated rings. The molecule has 2 aromatic heterocycles. The lowest BCUT2D eigenvalue weighted by Gasteiger charge is -2.09. The highest BCUT2D eigenvalue weighted by atomic mass is 127. The van der Waals surface area contributed by atoms with Gasteiger partial charge in [-0.3, -0.25) is 4.79 Å². The van der Waals surface area contributed by atoms with Gasteiger partial charge in [-0.1, -0.05) is 17.7 Å². The second-order valence-electron chi connectivity index (χ2n) is 3.62. The predicted octanol–water partition coefficient (Wildman–Crippen LogP) is 3.24. The van der Waals surface area contributed by atoms with Crippen LogP contribution in [0.25, 0.3) is 0 Å². The molecule has 0 aliphatic heterocycles. The molecule has 6 nitrogen and oxygen atoms in total. The van der Waals surface area contributed by atoms with E-state index in [-0.39, 0.29) is 14.6 Å². The van der Waals surface area contributed by atoms with Crippen LogP contribution in [0.5, 0.6) is 5.88 Å². The van der Waals surface area contributed by atoms with Crippen LogP contribution in [0.2, 0.25) is 5.15 Å². The SMILES string of the molecule is CCOc1cccc(Nc2cc(Cl)nnc2C(=O)I)n1. The maximum absolute atomic E-state index is 11.5. The first-order chi connectivity index (χ1) is 9.60. The second kappa shape index (κ2) is 6.80. The van der Waals surface area contributed by atoms with Gasteiger partial charge in [0.1, 0.15) is 5.82 Å². The summed E-state index contributed by atoms with van der Waals surface area (Å²) in [5.41, 5.74) is 0.643. The maximum Gasteiger partial charge on any atom is 0.244 e. The number of nitrogens with one attached hydrogen (secondary N) is 1. The van der Waals surface area contributed by atoms with Crippen LogP contribution in [0.3, 0.4) is 0 Å². The molecule has 0 radical (unpaired) electrons. The van der Waals surface area contributed by atoms with Crippen molar-refractivity contribution in [2.24, 2.45) is 0 Å². The smallest absolute Gasteiger partial charge is 0.244 e. The standard InChI is InChI=1S/C12H10ClIN4O2/c1-2-20-10-5-3-4-9(16-10)15-7-6-8(13)17-18-11(7)12(14)19/h3-6H,2H2,1H3,(H,15,16,17). The Labute approximate surface area is 134 Å². The fraction of sp³-hybridized carbons (Fsp3) is 0.167. The van der Waals surface area contributed by atoms with Gasteiger partial charge in [0.2, 0.25) is 9.67 Å². The molecule has 0 unspecified atom stereocenters. The van der Waals surface area contributed by atoms with Gasteiger partial charge in [-0.2, -0.15) is 4.98 Å². The number of aromatic nitrogens is 3. The van der Waals surface area contributed by atoms with E-state index >= 15 is 0 Å². The number of rotatable bonds is 5. The van der Waals surface area contributed by atoms with Crippen LogP contribution in [-0.4, -0.2) is 25.6 Å². The Morgan fingerprint density at radius 3 is 2.95 bits per heavy atom. The van der Waals surface area contributed by atoms with Crippen LogP contribution in [0.1, 0.15) is 17.4 Å². The molecule has 0 spiro atoms. The summed E-state index contributed by atoms with van der Waals surface area (Å²) in [7, 11) is 0. The molecular formula is C12H10ClIN4O2. The maximum atomic E-state index is 11.5. The van der Waals surface area contributed by atoms with Gasteiger partial charge in [0.15, 0.2) is 10.8 Å². The molecule has 0 atom stereocenters. The number of ether oxygens (including phenoxy) is 1. The molecule has 2 aromatic rings. The zero-order valence-electron chi connectivity index (χ0n) is 10.4. The van der Waals surface area contributed by atoms with Gasteiger partial charge in [0.25, 0.3) is 0 Å². The van der Waals surface area contributed by atoms with Crippen molar-refractivity contribution in [2.45, 2.75) is 6.92 Å². The normalized spacial score (nSPS) is 10.2. The Morgan fingerprint density at radius 1 is 1.45 bits per heavy atom. The minimum Gasteiger partial charge on any atom is -0.478 e. The summed E-state index contributed by atoms with van der Waals surface area (Å²) in [4.78, 5) is 15.7. The van der Waals surface area contributed by atoms with E-state index in [2.05, 4.69) is 20.5 Å². The quantitative estimate of drug-likeness (QED) is 0.609. The number of carbonyl (C=O) groups excluding carboxylic acids is 1. The van der Waals surface area contributed by atoms with E-state index in [1.54, 1.807) is 40.8 Å². The van der Waals surface area contributed by atoms with E-state index in [1.165, 1.54) is 6.07 Å². The number of carbonyl (C=O) groups is 1. The van der Waals surface area contributed by atoms with Gasteiger partial charge in [-0.15, -0.1) is 10.2 Å². The molecule has 0 aliphatic carbocycles. The van der Waals surface area contributed by atoms with Crippen LogP contribution >= 0.6 is 34.2 Å². The summed E-state index contributed by atoms with van der Waals surface area (Å²) in [6, 6.07) is 6.81. The zero-order chi connectivity index (χ0) is 14.5. The van der Waals surface area contributed by atoms with Crippen molar-refractivity contribution in [2.75, 3.05) is 11.9 Å². The largest absolute Gasteiger partial charge is 0.478 e. The van der Waals surface area contributed by atoms with Crippen LogP contribution < -0.4 is 10.1 Å². The highest BCUT2D eigenvalue weighted by Crippen LogP contribution is 2.23. The van der Waals surface area contributed by atoms with Crippen molar-refractivity contribution in [3.05, 3.63) is 35.1 Å². The van der Waals surface area contributed by atoms with Crippen LogP contribution in [-0.2, 0) is 0 Å². The summed E-state index contributed by atoms with van der Waals surface area (Å²) in [6.45, 7) is 2.40. The number of anilines is 2. The molecule has 104 valence electrons. The molecule has 20 heavy (non-hydrogen) atoms. The summed E-state index contributed by atoms with van der Waals surface area (Å²) in [6.07, 6.45) is 0. The van der Waals surface area contributed by atoms with Gasteiger partial charge in [-0.25, -0.2) is 0 Å². The second-order valence-corrected chi connectivity index (χ2v) is 4.99. The lowest BCUT2D eigenvalue weighted by Crippen LogP contribution is -2.05. The van der Waals surface area contributed by atoms with Crippen LogP contribution in [0.15, 0.2) is 24.3 Å². The van der Waals surface area contributed by atoms with Crippen molar-refractivity contribution in [3.8, 4) is 5.88 Å². The third-order valence-corrected chi connectivity index (χ3v) is 2.92. The van der Waals surface area contributed by atoms with E-state index in [4.69, 9.17) is 16.3 Å². The average molecular weight is 405 g/mol. The minimum atomic E-state index is -0.241. The first-order valence-corrected chi connectivity index (χ1v) is 7.15. The van der Waals surface area contributed by atoms with E-state index in [1.807, 2.05) is 6.92 Å². The monoisotopic (exact) mass is 404 g/mol. The van der Waals surface area contributed by atoms with Gasteiger partial charge in [-0.05, 0) is 13.0 Å². The van der Waals surface area contributed by atoms with Crippen molar-refractivity contribution < 1.29 is 9.53 Å². The van der Waals surface area contributed by atoms with Crippen molar-refractivity contribution in [1.82, 2.24) is 15.2 Å². The molecule has 2 rings (SSSR count). The first kappa shape index (κ1) is 14.9. The van der Waals surface area contributed by atoms with E-state index in [9.17, 15) is 4.79 Å². The predicted molar refractivity (Wildman–Crippen MR) is 84.1 cm³/mol. The fourth-order valence-electron chi connectivity index (χ4n) is 1.46. The third-order valence-electron chi connectivity index (χ3n) is 2.23. The number of halogens is 2. The van der Waals surface area contributed by atoms with E-state index < -0.39 is 0 Å². The summed E-state index contributed by atoms with van der Waals surface area (Å²) in [5.74, 6) is 1.02. The summed E-state index contributed by atoms with van der Waals surface area (Å²) >= 11 is 7.44. The average Bonchev–Trinajstić information content (AvgIpc) is 2.39. The zero-order valence-corrected chi connectivity index (χ0v) is 13.3. The summed E-state index contributed by atoms with van der Waals surface area (Å²) in [5, 5.41) is 10.6. The lowest BCUT2D eigenvalue weighted by atomic mass is 10.3. The molecule has 8 heteroatoms. The molecule has 0 aromatic carbocycles. The highest BCUT2D eigenvalue weighted by molar-refractivity contribution is 14.1. The number of hydrogen-bond donors (Lipinski definition) is 1. The topological polar surface area (TPSA) is 77.0 Å². The molecule has 0 bridgehead atoms. The van der Waals surface area contributed by atoms with Crippen LogP contribution in [0.4, 0.5) is 11.5 Å². The number of hydrogen-bond acceptors (Lipinski definition) is 6. The van der Waals surface area contributed by atoms with Crippen LogP contribution in [0, 0.1) is 0 Å². The van der Waals surface area contributed by atoms with Crippen molar-refractivity contribution in [1.29, 1.82) is 0 Å². The molecule has 2 heterocycles. The van der Waals surface area contributed by atoms with E-state index in [0.29, 0.717) is 24.0 Å². The number of pyridine rings is 1. The van der Waals surface area contributed by atoms with Gasteiger partial charge in [0, 0.05) is 34.7 Å². The molecule has 0 amide bonds. The number of nitrogens with zero attached hydrogens (tertiary/aromatic N) is 3. The molecule has 1 N–H and O–H groups in total. The minimum absolute atomic E-state index is 0.190. The lowest BCUT2D eigenvalue weighted by molar-refractivity contribution is 0.110. The van der Waals surface area contributed by atoms with Crippen molar-refractivity contribution >= 4 is 49.5 Å².